The maximum Gasteiger partial charge on any atom is 0.231 e. The summed E-state index contributed by atoms with van der Waals surface area (Å²) in [6, 6.07) is 11.6. The molecule has 0 aliphatic carbocycles. The van der Waals surface area contributed by atoms with Crippen LogP contribution < -0.4 is 4.90 Å². The minimum atomic E-state index is -0.609. The van der Waals surface area contributed by atoms with Gasteiger partial charge in [0.25, 0.3) is 0 Å². The highest BCUT2D eigenvalue weighted by Gasteiger charge is 2.37. The Morgan fingerprint density at radius 3 is 2.70 bits per heavy atom. The third kappa shape index (κ3) is 2.32. The first-order valence-electron chi connectivity index (χ1n) is 6.72. The average Bonchev–Trinajstić information content (AvgIpc) is 2.97. The predicted molar refractivity (Wildman–Crippen MR) is 75.3 cm³/mol. The van der Waals surface area contributed by atoms with Crippen molar-refractivity contribution in [2.24, 2.45) is 0 Å². The number of hydrogen-bond donors (Lipinski definition) is 1. The molecule has 1 fully saturated rings. The lowest BCUT2D eigenvalue weighted by Gasteiger charge is -2.19. The number of aliphatic hydroxyl groups is 1. The van der Waals surface area contributed by atoms with Gasteiger partial charge in [-0.2, -0.15) is 5.10 Å². The zero-order valence-electron chi connectivity index (χ0n) is 11.3. The van der Waals surface area contributed by atoms with Crippen molar-refractivity contribution in [3.63, 3.8) is 0 Å². The maximum absolute atomic E-state index is 11.9. The zero-order chi connectivity index (χ0) is 14.1. The van der Waals surface area contributed by atoms with Crippen molar-refractivity contribution in [3.05, 3.63) is 48.2 Å². The van der Waals surface area contributed by atoms with Gasteiger partial charge in [-0.25, -0.2) is 0 Å². The predicted octanol–water partition coefficient (Wildman–Crippen LogP) is 1.42. The van der Waals surface area contributed by atoms with Crippen LogP contribution in [0, 0.1) is 0 Å². The third-order valence-electron chi connectivity index (χ3n) is 3.68. The molecule has 2 heterocycles. The van der Waals surface area contributed by atoms with Gasteiger partial charge >= 0.3 is 0 Å². The maximum atomic E-state index is 11.9. The van der Waals surface area contributed by atoms with Gasteiger partial charge < -0.3 is 5.11 Å². The molecule has 1 amide bonds. The monoisotopic (exact) mass is 271 g/mol. The molecule has 1 saturated heterocycles. The minimum Gasteiger partial charge on any atom is -0.390 e. The number of rotatable bonds is 3. The Morgan fingerprint density at radius 2 is 2.05 bits per heavy atom. The fraction of sp³-hybridized carbons (Fsp3) is 0.333. The number of hydrogen-bond acceptors (Lipinski definition) is 3. The van der Waals surface area contributed by atoms with E-state index in [0.717, 1.165) is 5.56 Å². The largest absolute Gasteiger partial charge is 0.390 e. The molecule has 20 heavy (non-hydrogen) atoms. The van der Waals surface area contributed by atoms with Crippen LogP contribution in [0.2, 0.25) is 0 Å². The normalized spacial score (nSPS) is 22.5. The highest BCUT2D eigenvalue weighted by molar-refractivity contribution is 5.95. The highest BCUT2D eigenvalue weighted by Crippen LogP contribution is 2.25. The number of benzene rings is 1. The van der Waals surface area contributed by atoms with E-state index in [1.165, 1.54) is 0 Å². The van der Waals surface area contributed by atoms with Crippen molar-refractivity contribution in [1.82, 2.24) is 9.78 Å². The summed E-state index contributed by atoms with van der Waals surface area (Å²) in [5.41, 5.74) is 1.16. The SMILES string of the molecule is C[C@H]1[C@@H](O)CC(=O)N1c1ccn(Cc2ccccc2)n1. The van der Waals surface area contributed by atoms with Crippen LogP contribution in [0.15, 0.2) is 42.6 Å². The lowest BCUT2D eigenvalue weighted by atomic mass is 10.2. The number of aliphatic hydroxyl groups excluding tert-OH is 1. The molecule has 3 rings (SSSR count). The van der Waals surface area contributed by atoms with Crippen molar-refractivity contribution in [2.45, 2.75) is 32.0 Å². The molecule has 1 aliphatic heterocycles. The molecule has 0 bridgehead atoms. The van der Waals surface area contributed by atoms with E-state index in [0.29, 0.717) is 12.4 Å². The van der Waals surface area contributed by atoms with Gasteiger partial charge in [0.15, 0.2) is 5.82 Å². The van der Waals surface area contributed by atoms with Crippen molar-refractivity contribution >= 4 is 11.7 Å². The van der Waals surface area contributed by atoms with Crippen molar-refractivity contribution in [2.75, 3.05) is 4.90 Å². The molecule has 2 atom stereocenters. The minimum absolute atomic E-state index is 0.0741. The van der Waals surface area contributed by atoms with E-state index in [2.05, 4.69) is 5.10 Å². The van der Waals surface area contributed by atoms with Crippen LogP contribution in [-0.2, 0) is 11.3 Å². The second-order valence-electron chi connectivity index (χ2n) is 5.13. The highest BCUT2D eigenvalue weighted by atomic mass is 16.3. The molecule has 1 aromatic carbocycles. The fourth-order valence-electron chi connectivity index (χ4n) is 2.52. The molecule has 0 radical (unpaired) electrons. The van der Waals surface area contributed by atoms with Crippen LogP contribution in [0.5, 0.6) is 0 Å². The Hall–Kier alpha value is -2.14. The first kappa shape index (κ1) is 12.9. The van der Waals surface area contributed by atoms with Gasteiger partial charge in [0.05, 0.1) is 25.1 Å². The van der Waals surface area contributed by atoms with Crippen LogP contribution >= 0.6 is 0 Å². The number of aromatic nitrogens is 2. The van der Waals surface area contributed by atoms with E-state index >= 15 is 0 Å². The zero-order valence-corrected chi connectivity index (χ0v) is 11.3. The quantitative estimate of drug-likeness (QED) is 0.918. The summed E-state index contributed by atoms with van der Waals surface area (Å²) < 4.78 is 1.80. The van der Waals surface area contributed by atoms with E-state index < -0.39 is 6.10 Å². The van der Waals surface area contributed by atoms with Gasteiger partial charge in [0, 0.05) is 12.3 Å². The number of amides is 1. The summed E-state index contributed by atoms with van der Waals surface area (Å²) in [4.78, 5) is 13.5. The molecule has 1 aliphatic rings. The Morgan fingerprint density at radius 1 is 1.30 bits per heavy atom. The third-order valence-corrected chi connectivity index (χ3v) is 3.68. The number of anilines is 1. The standard InChI is InChI=1S/C15H17N3O2/c1-11-13(19)9-15(20)18(11)14-7-8-17(16-14)10-12-5-3-2-4-6-12/h2-8,11,13,19H,9-10H2,1H3/t11-,13-/m0/s1. The van der Waals surface area contributed by atoms with Gasteiger partial charge in [-0.05, 0) is 12.5 Å². The second-order valence-corrected chi connectivity index (χ2v) is 5.13. The van der Waals surface area contributed by atoms with Crippen LogP contribution in [0.1, 0.15) is 18.9 Å². The van der Waals surface area contributed by atoms with Crippen molar-refractivity contribution in [3.8, 4) is 0 Å². The van der Waals surface area contributed by atoms with Gasteiger partial charge in [0.1, 0.15) is 0 Å². The van der Waals surface area contributed by atoms with E-state index in [1.807, 2.05) is 49.5 Å². The fourth-order valence-corrected chi connectivity index (χ4v) is 2.52. The summed E-state index contributed by atoms with van der Waals surface area (Å²) in [5, 5.41) is 14.2. The Balaban J connectivity index is 1.79. The first-order valence-corrected chi connectivity index (χ1v) is 6.72. The molecular formula is C15H17N3O2. The van der Waals surface area contributed by atoms with E-state index in [1.54, 1.807) is 9.58 Å². The van der Waals surface area contributed by atoms with Gasteiger partial charge in [-0.15, -0.1) is 0 Å². The number of carbonyl (C=O) groups is 1. The summed E-state index contributed by atoms with van der Waals surface area (Å²) in [7, 11) is 0. The van der Waals surface area contributed by atoms with Crippen molar-refractivity contribution < 1.29 is 9.90 Å². The summed E-state index contributed by atoms with van der Waals surface area (Å²) in [5.74, 6) is 0.532. The van der Waals surface area contributed by atoms with E-state index in [9.17, 15) is 9.90 Å². The molecule has 2 aromatic rings. The smallest absolute Gasteiger partial charge is 0.231 e. The molecule has 5 nitrogen and oxygen atoms in total. The molecule has 1 aromatic heterocycles. The van der Waals surface area contributed by atoms with Crippen LogP contribution in [0.25, 0.3) is 0 Å². The number of carbonyl (C=O) groups excluding carboxylic acids is 1. The molecular weight excluding hydrogens is 254 g/mol. The summed E-state index contributed by atoms with van der Waals surface area (Å²) in [6.45, 7) is 2.51. The van der Waals surface area contributed by atoms with Gasteiger partial charge in [-0.1, -0.05) is 30.3 Å². The van der Waals surface area contributed by atoms with Crippen molar-refractivity contribution in [1.29, 1.82) is 0 Å². The van der Waals surface area contributed by atoms with Crippen LogP contribution in [0.3, 0.4) is 0 Å². The molecule has 104 valence electrons. The Labute approximate surface area is 117 Å². The first-order chi connectivity index (χ1) is 9.65. The Kier molecular flexibility index (Phi) is 3.28. The lowest BCUT2D eigenvalue weighted by Crippen LogP contribution is -2.34. The van der Waals surface area contributed by atoms with Crippen LogP contribution in [-0.4, -0.2) is 32.9 Å². The Bertz CT molecular complexity index is 609. The topological polar surface area (TPSA) is 58.4 Å². The van der Waals surface area contributed by atoms with Gasteiger partial charge in [0.2, 0.25) is 5.91 Å². The number of nitrogens with zero attached hydrogens (tertiary/aromatic N) is 3. The molecule has 0 spiro atoms. The second kappa shape index (κ2) is 5.09. The summed E-state index contributed by atoms with van der Waals surface area (Å²) >= 11 is 0. The summed E-state index contributed by atoms with van der Waals surface area (Å²) in [6.07, 6.45) is 1.42. The molecule has 1 N–H and O–H groups in total. The lowest BCUT2D eigenvalue weighted by molar-refractivity contribution is -0.117. The molecule has 5 heteroatoms. The van der Waals surface area contributed by atoms with E-state index in [4.69, 9.17) is 0 Å². The molecule has 0 saturated carbocycles. The van der Waals surface area contributed by atoms with Crippen LogP contribution in [0.4, 0.5) is 5.82 Å². The molecule has 0 unspecified atom stereocenters. The van der Waals surface area contributed by atoms with E-state index in [-0.39, 0.29) is 18.4 Å². The average molecular weight is 271 g/mol. The van der Waals surface area contributed by atoms with Gasteiger partial charge in [-0.3, -0.25) is 14.4 Å².